The highest BCUT2D eigenvalue weighted by Gasteiger charge is 2.30. The van der Waals surface area contributed by atoms with Crippen LogP contribution in [-0.4, -0.2) is 35.3 Å². The van der Waals surface area contributed by atoms with E-state index in [1.165, 1.54) is 25.4 Å². The first-order valence-corrected chi connectivity index (χ1v) is 5.33. The zero-order chi connectivity index (χ0) is 11.3. The summed E-state index contributed by atoms with van der Waals surface area (Å²) in [6.45, 7) is 2.15. The summed E-state index contributed by atoms with van der Waals surface area (Å²) in [6.07, 6.45) is 1.74. The van der Waals surface area contributed by atoms with E-state index in [2.05, 4.69) is 15.0 Å². The molecular formula is C9H14N2O3S. The molecule has 1 unspecified atom stereocenters. The average Bonchev–Trinajstić information content (AvgIpc) is 2.69. The van der Waals surface area contributed by atoms with Crippen molar-refractivity contribution in [2.75, 3.05) is 13.7 Å². The van der Waals surface area contributed by atoms with Gasteiger partial charge in [0.25, 0.3) is 0 Å². The van der Waals surface area contributed by atoms with Gasteiger partial charge in [0.1, 0.15) is 0 Å². The summed E-state index contributed by atoms with van der Waals surface area (Å²) in [4.78, 5) is 16.1. The molecule has 0 radical (unpaired) electrons. The molecule has 0 spiro atoms. The van der Waals surface area contributed by atoms with Crippen LogP contribution in [-0.2, 0) is 16.1 Å². The van der Waals surface area contributed by atoms with E-state index in [9.17, 15) is 9.90 Å². The molecule has 6 heteroatoms. The average molecular weight is 230 g/mol. The van der Waals surface area contributed by atoms with Gasteiger partial charge in [0.15, 0.2) is 5.60 Å². The van der Waals surface area contributed by atoms with Gasteiger partial charge in [-0.05, 0) is 6.92 Å². The van der Waals surface area contributed by atoms with Gasteiger partial charge < -0.3 is 15.2 Å². The molecule has 0 aliphatic carbocycles. The van der Waals surface area contributed by atoms with Gasteiger partial charge in [-0.1, -0.05) is 0 Å². The van der Waals surface area contributed by atoms with Crippen LogP contribution in [0.5, 0.6) is 0 Å². The van der Waals surface area contributed by atoms with Crippen molar-refractivity contribution in [3.05, 3.63) is 16.6 Å². The molecule has 15 heavy (non-hydrogen) atoms. The molecule has 0 amide bonds. The van der Waals surface area contributed by atoms with Crippen molar-refractivity contribution in [1.29, 1.82) is 0 Å². The minimum absolute atomic E-state index is 0.150. The van der Waals surface area contributed by atoms with Crippen molar-refractivity contribution in [3.63, 3.8) is 0 Å². The first-order chi connectivity index (χ1) is 7.06. The Morgan fingerprint density at radius 1 is 1.80 bits per heavy atom. The number of thiazole rings is 1. The summed E-state index contributed by atoms with van der Waals surface area (Å²) in [5.74, 6) is -0.640. The highest BCUT2D eigenvalue weighted by Crippen LogP contribution is 2.07. The molecule has 1 rings (SSSR count). The highest BCUT2D eigenvalue weighted by molar-refractivity contribution is 7.09. The van der Waals surface area contributed by atoms with Crippen molar-refractivity contribution >= 4 is 17.3 Å². The third-order valence-electron chi connectivity index (χ3n) is 1.88. The molecule has 5 nitrogen and oxygen atoms in total. The van der Waals surface area contributed by atoms with E-state index in [4.69, 9.17) is 0 Å². The Morgan fingerprint density at radius 3 is 3.07 bits per heavy atom. The van der Waals surface area contributed by atoms with E-state index in [0.717, 1.165) is 4.88 Å². The van der Waals surface area contributed by atoms with Crippen LogP contribution in [0.3, 0.4) is 0 Å². The fourth-order valence-electron chi connectivity index (χ4n) is 1.05. The number of carbonyl (C=O) groups is 1. The Bertz CT molecular complexity index is 311. The molecule has 1 heterocycles. The number of hydrogen-bond donors (Lipinski definition) is 2. The molecule has 1 atom stereocenters. The fourth-order valence-corrected chi connectivity index (χ4v) is 1.61. The van der Waals surface area contributed by atoms with Gasteiger partial charge in [0.2, 0.25) is 0 Å². The molecule has 0 saturated carbocycles. The number of nitrogens with zero attached hydrogens (tertiary/aromatic N) is 1. The van der Waals surface area contributed by atoms with Crippen LogP contribution in [0.4, 0.5) is 0 Å². The van der Waals surface area contributed by atoms with Crippen LogP contribution in [0.2, 0.25) is 0 Å². The third-order valence-corrected chi connectivity index (χ3v) is 2.66. The number of aromatic nitrogens is 1. The van der Waals surface area contributed by atoms with Crippen LogP contribution in [0.1, 0.15) is 11.8 Å². The lowest BCUT2D eigenvalue weighted by Crippen LogP contribution is -2.45. The molecule has 0 aliphatic heterocycles. The Kier molecular flexibility index (Phi) is 4.19. The molecule has 84 valence electrons. The van der Waals surface area contributed by atoms with Crippen molar-refractivity contribution < 1.29 is 14.6 Å². The Labute approximate surface area is 92.1 Å². The zero-order valence-corrected chi connectivity index (χ0v) is 9.50. The second kappa shape index (κ2) is 5.20. The van der Waals surface area contributed by atoms with E-state index in [0.29, 0.717) is 6.54 Å². The minimum atomic E-state index is -1.49. The quantitative estimate of drug-likeness (QED) is 0.705. The number of aliphatic hydroxyl groups is 1. The minimum Gasteiger partial charge on any atom is -0.467 e. The smallest absolute Gasteiger partial charge is 0.338 e. The third kappa shape index (κ3) is 3.58. The van der Waals surface area contributed by atoms with Crippen LogP contribution >= 0.6 is 11.3 Å². The summed E-state index contributed by atoms with van der Waals surface area (Å²) in [7, 11) is 1.25. The Balaban J connectivity index is 2.33. The zero-order valence-electron chi connectivity index (χ0n) is 8.69. The van der Waals surface area contributed by atoms with E-state index in [1.54, 1.807) is 11.7 Å². The van der Waals surface area contributed by atoms with Gasteiger partial charge in [-0.2, -0.15) is 0 Å². The molecule has 0 fully saturated rings. The maximum atomic E-state index is 11.1. The highest BCUT2D eigenvalue weighted by atomic mass is 32.1. The van der Waals surface area contributed by atoms with Gasteiger partial charge in [-0.15, -0.1) is 11.3 Å². The second-order valence-electron chi connectivity index (χ2n) is 3.34. The van der Waals surface area contributed by atoms with Crippen molar-refractivity contribution in [2.24, 2.45) is 0 Å². The monoisotopic (exact) mass is 230 g/mol. The topological polar surface area (TPSA) is 71.5 Å². The van der Waals surface area contributed by atoms with Gasteiger partial charge in [-0.25, -0.2) is 4.79 Å². The van der Waals surface area contributed by atoms with Gasteiger partial charge in [0.05, 0.1) is 12.6 Å². The van der Waals surface area contributed by atoms with E-state index < -0.39 is 11.6 Å². The maximum absolute atomic E-state index is 11.1. The largest absolute Gasteiger partial charge is 0.467 e. The molecule has 1 aromatic heterocycles. The van der Waals surface area contributed by atoms with Gasteiger partial charge >= 0.3 is 5.97 Å². The summed E-state index contributed by atoms with van der Waals surface area (Å²) < 4.78 is 4.46. The summed E-state index contributed by atoms with van der Waals surface area (Å²) in [5.41, 5.74) is 0.245. The number of hydrogen-bond acceptors (Lipinski definition) is 6. The number of rotatable bonds is 5. The SMILES string of the molecule is COC(=O)C(C)(O)CNCc1cncs1. The summed E-state index contributed by atoms with van der Waals surface area (Å²) in [5, 5.41) is 12.6. The van der Waals surface area contributed by atoms with Crippen molar-refractivity contribution in [3.8, 4) is 0 Å². The standard InChI is InChI=1S/C9H14N2O3S/c1-9(13,8(12)14-2)5-10-3-7-4-11-6-15-7/h4,6,10,13H,3,5H2,1-2H3. The predicted molar refractivity (Wildman–Crippen MR) is 56.5 cm³/mol. The predicted octanol–water partition coefficient (Wildman–Crippen LogP) is 0.157. The lowest BCUT2D eigenvalue weighted by molar-refractivity contribution is -0.159. The van der Waals surface area contributed by atoms with Crippen LogP contribution in [0, 0.1) is 0 Å². The van der Waals surface area contributed by atoms with Gasteiger partial charge in [-0.3, -0.25) is 4.98 Å². The number of esters is 1. The van der Waals surface area contributed by atoms with Crippen LogP contribution in [0.25, 0.3) is 0 Å². The first-order valence-electron chi connectivity index (χ1n) is 4.45. The summed E-state index contributed by atoms with van der Waals surface area (Å²) >= 11 is 1.52. The fraction of sp³-hybridized carbons (Fsp3) is 0.556. The molecule has 0 aliphatic rings. The maximum Gasteiger partial charge on any atom is 0.338 e. The lowest BCUT2D eigenvalue weighted by atomic mass is 10.1. The second-order valence-corrected chi connectivity index (χ2v) is 4.31. The van der Waals surface area contributed by atoms with Gasteiger partial charge in [0, 0.05) is 24.2 Å². The molecule has 0 aromatic carbocycles. The molecule has 1 aromatic rings. The van der Waals surface area contributed by atoms with Crippen LogP contribution in [0.15, 0.2) is 11.7 Å². The molecular weight excluding hydrogens is 216 g/mol. The normalized spacial score (nSPS) is 14.6. The Hall–Kier alpha value is -0.980. The van der Waals surface area contributed by atoms with Crippen molar-refractivity contribution in [2.45, 2.75) is 19.1 Å². The van der Waals surface area contributed by atoms with E-state index in [1.807, 2.05) is 0 Å². The summed E-state index contributed by atoms with van der Waals surface area (Å²) in [6, 6.07) is 0. The van der Waals surface area contributed by atoms with Crippen LogP contribution < -0.4 is 5.32 Å². The lowest BCUT2D eigenvalue weighted by Gasteiger charge is -2.20. The number of nitrogens with one attached hydrogen (secondary N) is 1. The number of carbonyl (C=O) groups excluding carboxylic acids is 1. The first kappa shape index (κ1) is 12.1. The molecule has 0 saturated heterocycles. The molecule has 0 bridgehead atoms. The number of ether oxygens (including phenoxy) is 1. The van der Waals surface area contributed by atoms with E-state index >= 15 is 0 Å². The Morgan fingerprint density at radius 2 is 2.53 bits per heavy atom. The van der Waals surface area contributed by atoms with E-state index in [-0.39, 0.29) is 6.54 Å². The van der Waals surface area contributed by atoms with Crippen molar-refractivity contribution in [1.82, 2.24) is 10.3 Å². The molecule has 2 N–H and O–H groups in total. The number of methoxy groups -OCH3 is 1.